The van der Waals surface area contributed by atoms with E-state index in [1.54, 1.807) is 0 Å². The number of nitro groups is 1. The van der Waals surface area contributed by atoms with Gasteiger partial charge in [-0.05, 0) is 12.3 Å². The van der Waals surface area contributed by atoms with Crippen LogP contribution in [0.25, 0.3) is 0 Å². The largest absolute Gasteiger partial charge is 0.472 e. The van der Waals surface area contributed by atoms with Crippen LogP contribution in [0.3, 0.4) is 0 Å². The fourth-order valence-corrected chi connectivity index (χ4v) is 1.59. The first-order chi connectivity index (χ1) is 8.06. The summed E-state index contributed by atoms with van der Waals surface area (Å²) >= 11 is 5.63. The molecule has 0 spiro atoms. The van der Waals surface area contributed by atoms with Gasteiger partial charge in [-0.15, -0.1) is 0 Å². The zero-order valence-electron chi connectivity index (χ0n) is 9.72. The standard InChI is InChI=1S/C10H14ClN3O3/c1-3-4-7(2)5-17-10-8(14(15)16)9(11)12-6-13-10/h6-7H,3-5H2,1-2H3. The Morgan fingerprint density at radius 2 is 2.29 bits per heavy atom. The van der Waals surface area contributed by atoms with Gasteiger partial charge in [-0.2, -0.15) is 4.98 Å². The normalized spacial score (nSPS) is 12.2. The number of rotatable bonds is 6. The van der Waals surface area contributed by atoms with Gasteiger partial charge in [0.15, 0.2) is 0 Å². The fourth-order valence-electron chi connectivity index (χ4n) is 1.40. The van der Waals surface area contributed by atoms with Gasteiger partial charge >= 0.3 is 5.69 Å². The van der Waals surface area contributed by atoms with Gasteiger partial charge in [0.05, 0.1) is 11.5 Å². The van der Waals surface area contributed by atoms with E-state index >= 15 is 0 Å². The lowest BCUT2D eigenvalue weighted by atomic mass is 10.1. The molecule has 0 bridgehead atoms. The summed E-state index contributed by atoms with van der Waals surface area (Å²) in [5.41, 5.74) is -0.377. The van der Waals surface area contributed by atoms with Crippen molar-refractivity contribution in [1.29, 1.82) is 0 Å². The van der Waals surface area contributed by atoms with E-state index in [0.29, 0.717) is 12.5 Å². The molecule has 0 aliphatic carbocycles. The maximum atomic E-state index is 10.8. The van der Waals surface area contributed by atoms with Crippen LogP contribution in [0.5, 0.6) is 5.88 Å². The van der Waals surface area contributed by atoms with Crippen LogP contribution in [0.1, 0.15) is 26.7 Å². The van der Waals surface area contributed by atoms with Crippen molar-refractivity contribution >= 4 is 17.3 Å². The lowest BCUT2D eigenvalue weighted by Crippen LogP contribution is -2.10. The summed E-state index contributed by atoms with van der Waals surface area (Å²) < 4.78 is 5.32. The van der Waals surface area contributed by atoms with Crippen LogP contribution in [0.4, 0.5) is 5.69 Å². The summed E-state index contributed by atoms with van der Waals surface area (Å²) in [4.78, 5) is 17.4. The quantitative estimate of drug-likeness (QED) is 0.446. The first-order valence-electron chi connectivity index (χ1n) is 5.34. The van der Waals surface area contributed by atoms with Gasteiger partial charge in [0.25, 0.3) is 5.88 Å². The van der Waals surface area contributed by atoms with Crippen molar-refractivity contribution in [3.05, 3.63) is 21.6 Å². The number of aromatic nitrogens is 2. The minimum absolute atomic E-state index is 0.0713. The van der Waals surface area contributed by atoms with Crippen LogP contribution >= 0.6 is 11.6 Å². The molecule has 1 heterocycles. The van der Waals surface area contributed by atoms with E-state index in [-0.39, 0.29) is 16.7 Å². The van der Waals surface area contributed by atoms with E-state index < -0.39 is 4.92 Å². The lowest BCUT2D eigenvalue weighted by Gasteiger charge is -2.11. The maximum Gasteiger partial charge on any atom is 0.367 e. The van der Waals surface area contributed by atoms with Gasteiger partial charge in [0.1, 0.15) is 6.33 Å². The Hall–Kier alpha value is -1.43. The molecule has 0 fully saturated rings. The number of hydrogen-bond donors (Lipinski definition) is 0. The summed E-state index contributed by atoms with van der Waals surface area (Å²) in [5.74, 6) is 0.242. The summed E-state index contributed by atoms with van der Waals surface area (Å²) in [6.07, 6.45) is 3.18. The Kier molecular flexibility index (Phi) is 5.09. The smallest absolute Gasteiger partial charge is 0.367 e. The molecular formula is C10H14ClN3O3. The van der Waals surface area contributed by atoms with Gasteiger partial charge in [-0.3, -0.25) is 10.1 Å². The highest BCUT2D eigenvalue weighted by Crippen LogP contribution is 2.30. The minimum atomic E-state index is -0.637. The van der Waals surface area contributed by atoms with Crippen LogP contribution in [0.2, 0.25) is 5.15 Å². The molecule has 94 valence electrons. The predicted molar refractivity (Wildman–Crippen MR) is 63.3 cm³/mol. The Balaban J connectivity index is 2.77. The number of ether oxygens (including phenoxy) is 1. The highest BCUT2D eigenvalue weighted by Gasteiger charge is 2.23. The third-order valence-corrected chi connectivity index (χ3v) is 2.49. The Morgan fingerprint density at radius 1 is 1.59 bits per heavy atom. The van der Waals surface area contributed by atoms with Gasteiger partial charge in [-0.1, -0.05) is 31.9 Å². The highest BCUT2D eigenvalue weighted by atomic mass is 35.5. The third-order valence-electron chi connectivity index (χ3n) is 2.21. The monoisotopic (exact) mass is 259 g/mol. The van der Waals surface area contributed by atoms with Crippen molar-refractivity contribution in [2.24, 2.45) is 5.92 Å². The molecule has 0 aliphatic rings. The second-order valence-electron chi connectivity index (χ2n) is 3.78. The Morgan fingerprint density at radius 3 is 2.88 bits per heavy atom. The van der Waals surface area contributed by atoms with E-state index in [9.17, 15) is 10.1 Å². The molecule has 17 heavy (non-hydrogen) atoms. The topological polar surface area (TPSA) is 78.2 Å². The van der Waals surface area contributed by atoms with E-state index in [1.807, 2.05) is 6.92 Å². The van der Waals surface area contributed by atoms with Crippen LogP contribution in [0, 0.1) is 16.0 Å². The fraction of sp³-hybridized carbons (Fsp3) is 0.600. The zero-order valence-corrected chi connectivity index (χ0v) is 10.5. The molecule has 1 unspecified atom stereocenters. The van der Waals surface area contributed by atoms with Gasteiger partial charge in [0, 0.05) is 0 Å². The molecule has 1 aromatic rings. The van der Waals surface area contributed by atoms with Crippen LogP contribution < -0.4 is 4.74 Å². The summed E-state index contributed by atoms with van der Waals surface area (Å²) in [7, 11) is 0. The number of halogens is 1. The van der Waals surface area contributed by atoms with Gasteiger partial charge < -0.3 is 4.74 Å². The zero-order chi connectivity index (χ0) is 12.8. The molecule has 1 rings (SSSR count). The second kappa shape index (κ2) is 6.34. The van der Waals surface area contributed by atoms with E-state index in [2.05, 4.69) is 16.9 Å². The van der Waals surface area contributed by atoms with E-state index in [1.165, 1.54) is 0 Å². The molecule has 1 atom stereocenters. The summed E-state index contributed by atoms with van der Waals surface area (Å²) in [5, 5.41) is 10.6. The van der Waals surface area contributed by atoms with Crippen molar-refractivity contribution in [2.45, 2.75) is 26.7 Å². The molecule has 6 nitrogen and oxygen atoms in total. The maximum absolute atomic E-state index is 10.8. The number of nitrogens with zero attached hydrogens (tertiary/aromatic N) is 3. The summed E-state index contributed by atoms with van der Waals surface area (Å²) in [6.45, 7) is 4.46. The molecule has 1 aromatic heterocycles. The average Bonchev–Trinajstić information content (AvgIpc) is 2.26. The molecule has 0 N–H and O–H groups in total. The van der Waals surface area contributed by atoms with Crippen LogP contribution in [-0.2, 0) is 0 Å². The van der Waals surface area contributed by atoms with Gasteiger partial charge in [-0.25, -0.2) is 4.98 Å². The predicted octanol–water partition coefficient (Wildman–Crippen LogP) is 2.85. The Labute approximate surface area is 104 Å². The SMILES string of the molecule is CCCC(C)COc1ncnc(Cl)c1[N+](=O)[O-]. The molecule has 0 aliphatic heterocycles. The van der Waals surface area contributed by atoms with Crippen molar-refractivity contribution < 1.29 is 9.66 Å². The summed E-state index contributed by atoms with van der Waals surface area (Å²) in [6, 6.07) is 0. The lowest BCUT2D eigenvalue weighted by molar-refractivity contribution is -0.386. The minimum Gasteiger partial charge on any atom is -0.472 e. The van der Waals surface area contributed by atoms with Crippen molar-refractivity contribution in [3.8, 4) is 5.88 Å². The molecule has 0 aromatic carbocycles. The van der Waals surface area contributed by atoms with Crippen molar-refractivity contribution in [3.63, 3.8) is 0 Å². The second-order valence-corrected chi connectivity index (χ2v) is 4.14. The average molecular weight is 260 g/mol. The van der Waals surface area contributed by atoms with Crippen molar-refractivity contribution in [1.82, 2.24) is 9.97 Å². The molecular weight excluding hydrogens is 246 g/mol. The molecule has 0 radical (unpaired) electrons. The first kappa shape index (κ1) is 13.6. The number of hydrogen-bond acceptors (Lipinski definition) is 5. The molecule has 7 heteroatoms. The van der Waals surface area contributed by atoms with E-state index in [4.69, 9.17) is 16.3 Å². The van der Waals surface area contributed by atoms with Crippen molar-refractivity contribution in [2.75, 3.05) is 6.61 Å². The highest BCUT2D eigenvalue weighted by molar-refractivity contribution is 6.31. The van der Waals surface area contributed by atoms with Crippen LogP contribution in [0.15, 0.2) is 6.33 Å². The first-order valence-corrected chi connectivity index (χ1v) is 5.71. The third kappa shape index (κ3) is 3.81. The van der Waals surface area contributed by atoms with Gasteiger partial charge in [0.2, 0.25) is 5.15 Å². The van der Waals surface area contributed by atoms with Crippen LogP contribution in [-0.4, -0.2) is 21.5 Å². The van der Waals surface area contributed by atoms with E-state index in [0.717, 1.165) is 19.2 Å². The Bertz CT molecular complexity index is 400. The molecule has 0 amide bonds. The molecule has 0 saturated carbocycles. The molecule has 0 saturated heterocycles.